The van der Waals surface area contributed by atoms with Gasteiger partial charge in [-0.05, 0) is 98.2 Å². The van der Waals surface area contributed by atoms with Crippen molar-refractivity contribution in [2.45, 2.75) is 143 Å². The van der Waals surface area contributed by atoms with Crippen LogP contribution in [0.2, 0.25) is 0 Å². The lowest BCUT2D eigenvalue weighted by Gasteiger charge is -2.67. The highest BCUT2D eigenvalue weighted by molar-refractivity contribution is 5.18. The van der Waals surface area contributed by atoms with Crippen LogP contribution in [-0.2, 0) is 6.42 Å². The predicted octanol–water partition coefficient (Wildman–Crippen LogP) is 8.17. The van der Waals surface area contributed by atoms with Gasteiger partial charge in [0, 0.05) is 30.6 Å². The normalized spacial score (nSPS) is 42.7. The van der Waals surface area contributed by atoms with E-state index < -0.39 is 5.60 Å². The molecule has 0 saturated heterocycles. The molecule has 1 unspecified atom stereocenters. The first-order valence-electron chi connectivity index (χ1n) is 17.1. The van der Waals surface area contributed by atoms with E-state index in [1.165, 1.54) is 77.0 Å². The largest absolute Gasteiger partial charge is 0.388 e. The highest BCUT2D eigenvalue weighted by Crippen LogP contribution is 2.69. The molecule has 1 heterocycles. The van der Waals surface area contributed by atoms with Gasteiger partial charge < -0.3 is 15.4 Å². The Morgan fingerprint density at radius 1 is 1.08 bits per heavy atom. The van der Waals surface area contributed by atoms with Gasteiger partial charge in [-0.3, -0.25) is 0 Å². The number of imidazole rings is 1. The van der Waals surface area contributed by atoms with Crippen molar-refractivity contribution in [3.05, 3.63) is 18.2 Å². The van der Waals surface area contributed by atoms with Crippen LogP contribution in [0, 0.1) is 52.3 Å². The monoisotopic (exact) mass is 539 g/mol. The zero-order chi connectivity index (χ0) is 27.8. The number of hydrogen-bond donors (Lipinski definition) is 3. The number of fused-ring (bicyclic) bond motifs is 5. The number of nitrogens with zero attached hydrogens (tertiary/aromatic N) is 1. The average molecular weight is 540 g/mol. The smallest absolute Gasteiger partial charge is 0.0923 e. The SMILES string of the molecule is CCC[C@H]1CC[C@]2(C)[C@H]3CC[C@]4(C)[C@@H](C(C)CCCC(C)C)CC[C@H]4[C@@H]3C[C@@H](NCCc3c[nH]cn3)[C@@]2(O)C1. The molecule has 3 N–H and O–H groups in total. The Bertz CT molecular complexity index is 915. The molecule has 1 aromatic heterocycles. The third-order valence-electron chi connectivity index (χ3n) is 13.2. The second kappa shape index (κ2) is 11.8. The molecule has 1 aromatic rings. The summed E-state index contributed by atoms with van der Waals surface area (Å²) in [5.41, 5.74) is 1.05. The van der Waals surface area contributed by atoms with Crippen LogP contribution in [0.25, 0.3) is 0 Å². The number of nitrogens with one attached hydrogen (secondary N) is 2. The first-order chi connectivity index (χ1) is 18.6. The van der Waals surface area contributed by atoms with Crippen LogP contribution in [0.1, 0.15) is 131 Å². The summed E-state index contributed by atoms with van der Waals surface area (Å²) in [6.07, 6.45) is 21.7. The van der Waals surface area contributed by atoms with E-state index in [-0.39, 0.29) is 11.5 Å². The molecular formula is C35H61N3O. The Hall–Kier alpha value is -0.870. The third-order valence-corrected chi connectivity index (χ3v) is 13.2. The van der Waals surface area contributed by atoms with E-state index >= 15 is 0 Å². The number of aromatic nitrogens is 2. The minimum Gasteiger partial charge on any atom is -0.388 e. The summed E-state index contributed by atoms with van der Waals surface area (Å²) in [6, 6.07) is 0.201. The molecule has 0 amide bonds. The van der Waals surface area contributed by atoms with Crippen LogP contribution in [0.5, 0.6) is 0 Å². The Morgan fingerprint density at radius 3 is 2.62 bits per heavy atom. The summed E-state index contributed by atoms with van der Waals surface area (Å²) in [7, 11) is 0. The van der Waals surface area contributed by atoms with Crippen LogP contribution in [0.4, 0.5) is 0 Å². The first kappa shape index (κ1) is 29.6. The number of hydrogen-bond acceptors (Lipinski definition) is 3. The Morgan fingerprint density at radius 2 is 1.90 bits per heavy atom. The number of rotatable bonds is 11. The molecule has 0 bridgehead atoms. The quantitative estimate of drug-likeness (QED) is 0.266. The van der Waals surface area contributed by atoms with Crippen LogP contribution in [0.3, 0.4) is 0 Å². The van der Waals surface area contributed by atoms with Crippen molar-refractivity contribution in [2.24, 2.45) is 52.3 Å². The van der Waals surface area contributed by atoms with Gasteiger partial charge in [0.05, 0.1) is 17.6 Å². The molecule has 0 spiro atoms. The number of aliphatic hydroxyl groups is 1. The van der Waals surface area contributed by atoms with Crippen molar-refractivity contribution in [1.29, 1.82) is 0 Å². The van der Waals surface area contributed by atoms with Gasteiger partial charge in [-0.25, -0.2) is 4.98 Å². The highest BCUT2D eigenvalue weighted by Gasteiger charge is 2.67. The van der Waals surface area contributed by atoms with Gasteiger partial charge in [-0.2, -0.15) is 0 Å². The minimum absolute atomic E-state index is 0.0342. The summed E-state index contributed by atoms with van der Waals surface area (Å²) in [6.45, 7) is 15.8. The van der Waals surface area contributed by atoms with Gasteiger partial charge in [0.25, 0.3) is 0 Å². The summed E-state index contributed by atoms with van der Waals surface area (Å²) >= 11 is 0. The van der Waals surface area contributed by atoms with E-state index in [1.807, 2.05) is 6.20 Å². The average Bonchev–Trinajstić information content (AvgIpc) is 3.53. The van der Waals surface area contributed by atoms with E-state index in [1.54, 1.807) is 6.33 Å². The van der Waals surface area contributed by atoms with Crippen LogP contribution in [-0.4, -0.2) is 33.3 Å². The minimum atomic E-state index is -0.590. The molecule has 4 heteroatoms. The van der Waals surface area contributed by atoms with E-state index in [0.717, 1.165) is 54.7 Å². The molecule has 10 atom stereocenters. The molecule has 222 valence electrons. The lowest BCUT2D eigenvalue weighted by molar-refractivity contribution is -0.228. The van der Waals surface area contributed by atoms with Crippen LogP contribution >= 0.6 is 0 Å². The Kier molecular flexibility index (Phi) is 8.95. The number of H-pyrrole nitrogens is 1. The molecule has 0 radical (unpaired) electrons. The van der Waals surface area contributed by atoms with Crippen molar-refractivity contribution in [1.82, 2.24) is 15.3 Å². The van der Waals surface area contributed by atoms with Crippen molar-refractivity contribution in [2.75, 3.05) is 6.54 Å². The Labute approximate surface area is 240 Å². The molecule has 0 aliphatic heterocycles. The topological polar surface area (TPSA) is 60.9 Å². The fraction of sp³-hybridized carbons (Fsp3) is 0.914. The standard InChI is InChI=1S/C35H61N3O/c1-7-9-26-14-18-34(6)31-15-17-33(5)29(25(4)11-8-10-24(2)3)12-13-30(33)28(31)20-32(35(34,39)21-26)37-19-16-27-22-36-23-38-27/h22-26,28-32,37,39H,7-21H2,1-6H3,(H,36,38)/t25?,26-,28-,29+,30-,31-,32+,33+,34+,35-/m0/s1. The van der Waals surface area contributed by atoms with Crippen molar-refractivity contribution in [3.8, 4) is 0 Å². The molecule has 4 fully saturated rings. The second-order valence-electron chi connectivity index (χ2n) is 15.7. The molecule has 4 saturated carbocycles. The molecule has 4 nitrogen and oxygen atoms in total. The predicted molar refractivity (Wildman–Crippen MR) is 162 cm³/mol. The third kappa shape index (κ3) is 5.40. The maximum absolute atomic E-state index is 12.8. The summed E-state index contributed by atoms with van der Waals surface area (Å²) in [4.78, 5) is 7.57. The fourth-order valence-electron chi connectivity index (χ4n) is 11.2. The zero-order valence-electron chi connectivity index (χ0n) is 26.3. The number of aromatic amines is 1. The Balaban J connectivity index is 1.37. The second-order valence-corrected chi connectivity index (χ2v) is 15.7. The molecule has 4 aliphatic carbocycles. The molecule has 39 heavy (non-hydrogen) atoms. The summed E-state index contributed by atoms with van der Waals surface area (Å²) < 4.78 is 0. The molecule has 5 rings (SSSR count). The highest BCUT2D eigenvalue weighted by atomic mass is 16.3. The lowest BCUT2D eigenvalue weighted by atomic mass is 9.41. The van der Waals surface area contributed by atoms with Crippen molar-refractivity contribution < 1.29 is 5.11 Å². The maximum Gasteiger partial charge on any atom is 0.0923 e. The maximum atomic E-state index is 12.8. The zero-order valence-corrected chi connectivity index (χ0v) is 26.3. The van der Waals surface area contributed by atoms with E-state index in [4.69, 9.17) is 0 Å². The van der Waals surface area contributed by atoms with E-state index in [9.17, 15) is 5.11 Å². The van der Waals surface area contributed by atoms with Gasteiger partial charge in [-0.15, -0.1) is 0 Å². The fourth-order valence-corrected chi connectivity index (χ4v) is 11.2. The van der Waals surface area contributed by atoms with Gasteiger partial charge in [0.15, 0.2) is 0 Å². The summed E-state index contributed by atoms with van der Waals surface area (Å²) in [5.74, 6) is 5.51. The van der Waals surface area contributed by atoms with Gasteiger partial charge >= 0.3 is 0 Å². The van der Waals surface area contributed by atoms with E-state index in [2.05, 4.69) is 56.8 Å². The van der Waals surface area contributed by atoms with Crippen LogP contribution < -0.4 is 5.32 Å². The van der Waals surface area contributed by atoms with Gasteiger partial charge in [-0.1, -0.05) is 73.6 Å². The van der Waals surface area contributed by atoms with Crippen LogP contribution in [0.15, 0.2) is 12.5 Å². The van der Waals surface area contributed by atoms with Gasteiger partial charge in [0.1, 0.15) is 0 Å². The van der Waals surface area contributed by atoms with Crippen molar-refractivity contribution in [3.63, 3.8) is 0 Å². The molecule has 0 aromatic carbocycles. The first-order valence-corrected chi connectivity index (χ1v) is 17.1. The summed E-state index contributed by atoms with van der Waals surface area (Å²) in [5, 5.41) is 16.8. The molecule has 4 aliphatic rings. The van der Waals surface area contributed by atoms with E-state index in [0.29, 0.717) is 17.3 Å². The van der Waals surface area contributed by atoms with Crippen molar-refractivity contribution >= 4 is 0 Å². The molecular weight excluding hydrogens is 478 g/mol. The van der Waals surface area contributed by atoms with Gasteiger partial charge in [0.2, 0.25) is 0 Å². The lowest BCUT2D eigenvalue weighted by Crippen LogP contribution is -2.71.